The van der Waals surface area contributed by atoms with Gasteiger partial charge in [0.2, 0.25) is 11.8 Å². The first-order valence-corrected chi connectivity index (χ1v) is 8.07. The Labute approximate surface area is 141 Å². The Morgan fingerprint density at radius 1 is 1.29 bits per heavy atom. The maximum Gasteiger partial charge on any atom is 0.227 e. The number of primary amides is 1. The Bertz CT molecular complexity index is 809. The van der Waals surface area contributed by atoms with Gasteiger partial charge < -0.3 is 10.6 Å². The molecule has 0 radical (unpaired) electrons. The van der Waals surface area contributed by atoms with E-state index in [1.165, 1.54) is 0 Å². The van der Waals surface area contributed by atoms with E-state index in [9.17, 15) is 9.59 Å². The fourth-order valence-electron chi connectivity index (χ4n) is 3.43. The molecule has 0 bridgehead atoms. The van der Waals surface area contributed by atoms with Crippen molar-refractivity contribution < 1.29 is 9.59 Å². The molecule has 1 atom stereocenters. The van der Waals surface area contributed by atoms with Crippen LogP contribution in [0.3, 0.4) is 0 Å². The van der Waals surface area contributed by atoms with E-state index in [0.717, 1.165) is 28.2 Å². The fraction of sp³-hybridized carbons (Fsp3) is 0.389. The van der Waals surface area contributed by atoms with Gasteiger partial charge in [-0.15, -0.1) is 0 Å². The zero-order valence-corrected chi connectivity index (χ0v) is 14.2. The van der Waals surface area contributed by atoms with Crippen LogP contribution < -0.4 is 10.6 Å². The minimum absolute atomic E-state index is 0.00820. The van der Waals surface area contributed by atoms with Crippen LogP contribution in [0, 0.1) is 13.8 Å². The number of benzene rings is 1. The first-order chi connectivity index (χ1) is 11.4. The molecule has 0 fully saturated rings. The highest BCUT2D eigenvalue weighted by atomic mass is 16.2. The number of aryl methyl sites for hydroxylation is 2. The lowest BCUT2D eigenvalue weighted by Gasteiger charge is -2.17. The largest absolute Gasteiger partial charge is 0.369 e. The van der Waals surface area contributed by atoms with Crippen molar-refractivity contribution in [2.24, 2.45) is 12.8 Å². The molecule has 24 heavy (non-hydrogen) atoms. The van der Waals surface area contributed by atoms with Gasteiger partial charge in [-0.3, -0.25) is 14.3 Å². The molecule has 2 aromatic rings. The second kappa shape index (κ2) is 6.11. The highest BCUT2D eigenvalue weighted by molar-refractivity contribution is 5.99. The predicted molar refractivity (Wildman–Crippen MR) is 91.7 cm³/mol. The molecule has 2 N–H and O–H groups in total. The molecule has 2 heterocycles. The second-order valence-corrected chi connectivity index (χ2v) is 6.29. The van der Waals surface area contributed by atoms with Crippen molar-refractivity contribution in [2.45, 2.75) is 32.6 Å². The van der Waals surface area contributed by atoms with Gasteiger partial charge in [0.05, 0.1) is 11.6 Å². The fourth-order valence-corrected chi connectivity index (χ4v) is 3.43. The molecule has 0 saturated heterocycles. The summed E-state index contributed by atoms with van der Waals surface area (Å²) in [4.78, 5) is 26.1. The van der Waals surface area contributed by atoms with E-state index in [1.807, 2.05) is 49.8 Å². The maximum absolute atomic E-state index is 12.7. The van der Waals surface area contributed by atoms with Crippen molar-refractivity contribution >= 4 is 17.5 Å². The van der Waals surface area contributed by atoms with Crippen molar-refractivity contribution in [1.82, 2.24) is 9.78 Å². The molecule has 1 aromatic heterocycles. The second-order valence-electron chi connectivity index (χ2n) is 6.29. The molecule has 0 saturated carbocycles. The number of aromatic nitrogens is 2. The van der Waals surface area contributed by atoms with Crippen LogP contribution in [-0.2, 0) is 23.1 Å². The Hall–Kier alpha value is -2.63. The standard InChI is InChI=1S/C18H22N4O2/c1-11-13(12(2)21(3)20-11)8-9-17(23)22-10-15(18(19)24)14-6-4-5-7-16(14)22/h4-7,15H,8-10H2,1-3H3,(H2,19,24). The van der Waals surface area contributed by atoms with Crippen LogP contribution in [0.25, 0.3) is 0 Å². The number of fused-ring (bicyclic) bond motifs is 1. The third-order valence-electron chi connectivity index (χ3n) is 4.86. The summed E-state index contributed by atoms with van der Waals surface area (Å²) in [7, 11) is 1.90. The molecule has 126 valence electrons. The van der Waals surface area contributed by atoms with E-state index in [-0.39, 0.29) is 5.91 Å². The van der Waals surface area contributed by atoms with Crippen LogP contribution in [0.1, 0.15) is 34.9 Å². The molecule has 6 heteroatoms. The van der Waals surface area contributed by atoms with E-state index in [2.05, 4.69) is 5.10 Å². The summed E-state index contributed by atoms with van der Waals surface area (Å²) in [5.41, 5.74) is 10.3. The lowest BCUT2D eigenvalue weighted by Crippen LogP contribution is -2.33. The number of rotatable bonds is 4. The van der Waals surface area contributed by atoms with Gasteiger partial charge >= 0.3 is 0 Å². The smallest absolute Gasteiger partial charge is 0.227 e. The Morgan fingerprint density at radius 2 is 2.00 bits per heavy atom. The van der Waals surface area contributed by atoms with Gasteiger partial charge in [-0.2, -0.15) is 5.10 Å². The highest BCUT2D eigenvalue weighted by Crippen LogP contribution is 2.36. The topological polar surface area (TPSA) is 81.2 Å². The lowest BCUT2D eigenvalue weighted by molar-refractivity contribution is -0.119. The van der Waals surface area contributed by atoms with Crippen molar-refractivity contribution in [2.75, 3.05) is 11.4 Å². The van der Waals surface area contributed by atoms with Crippen molar-refractivity contribution in [3.63, 3.8) is 0 Å². The van der Waals surface area contributed by atoms with Gasteiger partial charge in [0.1, 0.15) is 0 Å². The van der Waals surface area contributed by atoms with Crippen molar-refractivity contribution in [3.8, 4) is 0 Å². The van der Waals surface area contributed by atoms with Crippen LogP contribution in [0.5, 0.6) is 0 Å². The summed E-state index contributed by atoms with van der Waals surface area (Å²) in [5.74, 6) is -0.808. The average molecular weight is 326 g/mol. The number of carbonyl (C=O) groups excluding carboxylic acids is 2. The van der Waals surface area contributed by atoms with Gasteiger partial charge in [0.15, 0.2) is 0 Å². The van der Waals surface area contributed by atoms with Crippen LogP contribution in [0.4, 0.5) is 5.69 Å². The number of hydrogen-bond donors (Lipinski definition) is 1. The Kier molecular flexibility index (Phi) is 4.13. The quantitative estimate of drug-likeness (QED) is 0.926. The molecule has 1 aliphatic heterocycles. The molecule has 0 spiro atoms. The van der Waals surface area contributed by atoms with Crippen LogP contribution in [0.2, 0.25) is 0 Å². The highest BCUT2D eigenvalue weighted by Gasteiger charge is 2.34. The average Bonchev–Trinajstić information content (AvgIpc) is 3.04. The molecular weight excluding hydrogens is 304 g/mol. The van der Waals surface area contributed by atoms with Gasteiger partial charge in [-0.1, -0.05) is 18.2 Å². The number of para-hydroxylation sites is 1. The third kappa shape index (κ3) is 2.68. The predicted octanol–water partition coefficient (Wildman–Crippen LogP) is 1.59. The SMILES string of the molecule is Cc1nn(C)c(C)c1CCC(=O)N1CC(C(N)=O)c2ccccc21. The Morgan fingerprint density at radius 3 is 2.62 bits per heavy atom. The summed E-state index contributed by atoms with van der Waals surface area (Å²) in [6, 6.07) is 7.48. The molecule has 1 aliphatic rings. The van der Waals surface area contributed by atoms with Crippen molar-refractivity contribution in [1.29, 1.82) is 0 Å². The van der Waals surface area contributed by atoms with Crippen LogP contribution >= 0.6 is 0 Å². The minimum atomic E-state index is -0.424. The van der Waals surface area contributed by atoms with Gasteiger partial charge in [-0.25, -0.2) is 0 Å². The van der Waals surface area contributed by atoms with E-state index in [1.54, 1.807) is 4.90 Å². The normalized spacial score (nSPS) is 16.3. The van der Waals surface area contributed by atoms with E-state index < -0.39 is 11.8 Å². The summed E-state index contributed by atoms with van der Waals surface area (Å²) in [5, 5.41) is 4.39. The summed E-state index contributed by atoms with van der Waals surface area (Å²) >= 11 is 0. The number of nitrogens with zero attached hydrogens (tertiary/aromatic N) is 3. The van der Waals surface area contributed by atoms with Crippen LogP contribution in [0.15, 0.2) is 24.3 Å². The van der Waals surface area contributed by atoms with Crippen LogP contribution in [-0.4, -0.2) is 28.1 Å². The Balaban J connectivity index is 1.78. The van der Waals surface area contributed by atoms with Gasteiger partial charge in [0.25, 0.3) is 0 Å². The molecule has 3 rings (SSSR count). The monoisotopic (exact) mass is 326 g/mol. The first kappa shape index (κ1) is 16.2. The molecule has 0 aliphatic carbocycles. The van der Waals surface area contributed by atoms with E-state index >= 15 is 0 Å². The minimum Gasteiger partial charge on any atom is -0.369 e. The summed E-state index contributed by atoms with van der Waals surface area (Å²) < 4.78 is 1.84. The molecular formula is C18H22N4O2. The van der Waals surface area contributed by atoms with E-state index in [0.29, 0.717) is 19.4 Å². The number of amides is 2. The number of hydrogen-bond acceptors (Lipinski definition) is 3. The van der Waals surface area contributed by atoms with Gasteiger partial charge in [0, 0.05) is 31.4 Å². The molecule has 6 nitrogen and oxygen atoms in total. The number of carbonyl (C=O) groups is 2. The molecule has 1 aromatic carbocycles. The summed E-state index contributed by atoms with van der Waals surface area (Å²) in [6.45, 7) is 4.30. The van der Waals surface area contributed by atoms with E-state index in [4.69, 9.17) is 5.73 Å². The third-order valence-corrected chi connectivity index (χ3v) is 4.86. The molecule has 2 amide bonds. The number of nitrogens with two attached hydrogens (primary N) is 1. The van der Waals surface area contributed by atoms with Gasteiger partial charge in [-0.05, 0) is 37.5 Å². The molecule has 1 unspecified atom stereocenters. The maximum atomic E-state index is 12.7. The lowest BCUT2D eigenvalue weighted by atomic mass is 10.0. The first-order valence-electron chi connectivity index (χ1n) is 8.07. The van der Waals surface area contributed by atoms with Crippen molar-refractivity contribution in [3.05, 3.63) is 46.8 Å². The summed E-state index contributed by atoms with van der Waals surface area (Å²) in [6.07, 6.45) is 1.03. The zero-order chi connectivity index (χ0) is 17.4. The zero-order valence-electron chi connectivity index (χ0n) is 14.2. The number of anilines is 1.